The molecule has 0 aliphatic heterocycles. The van der Waals surface area contributed by atoms with E-state index in [0.717, 1.165) is 16.8 Å². The number of anilines is 2. The maximum atomic E-state index is 12.1. The lowest BCUT2D eigenvalue weighted by Gasteiger charge is -2.08. The van der Waals surface area contributed by atoms with Crippen molar-refractivity contribution in [1.82, 2.24) is 20.3 Å². The molecule has 3 rings (SSSR count). The van der Waals surface area contributed by atoms with Crippen LogP contribution in [0, 0.1) is 6.92 Å². The Bertz CT molecular complexity index is 818. The van der Waals surface area contributed by atoms with Crippen molar-refractivity contribution in [2.24, 2.45) is 0 Å². The molecule has 2 N–H and O–H groups in total. The Morgan fingerprint density at radius 3 is 2.46 bits per heavy atom. The summed E-state index contributed by atoms with van der Waals surface area (Å²) in [4.78, 5) is 24.5. The third kappa shape index (κ3) is 3.92. The molecule has 6 nitrogen and oxygen atoms in total. The SMILES string of the molecule is Cc1ccccc1Nc1ncc(C(=O)NCc2ccncc2)cn1. The first kappa shape index (κ1) is 15.6. The summed E-state index contributed by atoms with van der Waals surface area (Å²) >= 11 is 0. The van der Waals surface area contributed by atoms with Crippen LogP contribution in [0.25, 0.3) is 0 Å². The van der Waals surface area contributed by atoms with Crippen LogP contribution < -0.4 is 10.6 Å². The summed E-state index contributed by atoms with van der Waals surface area (Å²) in [5.74, 6) is 0.240. The van der Waals surface area contributed by atoms with Crippen LogP contribution in [0.4, 0.5) is 11.6 Å². The molecule has 1 amide bonds. The molecule has 0 saturated heterocycles. The summed E-state index contributed by atoms with van der Waals surface area (Å²) < 4.78 is 0. The third-order valence-electron chi connectivity index (χ3n) is 3.51. The highest BCUT2D eigenvalue weighted by Gasteiger charge is 2.07. The van der Waals surface area contributed by atoms with E-state index in [0.29, 0.717) is 18.1 Å². The van der Waals surface area contributed by atoms with E-state index < -0.39 is 0 Å². The second-order valence-electron chi connectivity index (χ2n) is 5.27. The molecule has 2 heterocycles. The largest absolute Gasteiger partial charge is 0.348 e. The van der Waals surface area contributed by atoms with E-state index in [1.165, 1.54) is 12.4 Å². The minimum Gasteiger partial charge on any atom is -0.348 e. The van der Waals surface area contributed by atoms with Gasteiger partial charge in [-0.3, -0.25) is 9.78 Å². The zero-order valence-electron chi connectivity index (χ0n) is 13.2. The minimum atomic E-state index is -0.214. The first-order chi connectivity index (χ1) is 11.7. The number of hydrogen-bond acceptors (Lipinski definition) is 5. The van der Waals surface area contributed by atoms with Crippen molar-refractivity contribution in [3.63, 3.8) is 0 Å². The van der Waals surface area contributed by atoms with Gasteiger partial charge in [-0.2, -0.15) is 0 Å². The van der Waals surface area contributed by atoms with Crippen LogP contribution in [-0.2, 0) is 6.54 Å². The van der Waals surface area contributed by atoms with E-state index in [1.807, 2.05) is 43.3 Å². The molecule has 0 fully saturated rings. The third-order valence-corrected chi connectivity index (χ3v) is 3.51. The van der Waals surface area contributed by atoms with Gasteiger partial charge in [-0.1, -0.05) is 18.2 Å². The number of carbonyl (C=O) groups excluding carboxylic acids is 1. The first-order valence-electron chi connectivity index (χ1n) is 7.54. The van der Waals surface area contributed by atoms with Gasteiger partial charge < -0.3 is 10.6 Å². The second kappa shape index (κ2) is 7.32. The van der Waals surface area contributed by atoms with Crippen LogP contribution in [0.2, 0.25) is 0 Å². The van der Waals surface area contributed by atoms with Crippen molar-refractivity contribution in [2.75, 3.05) is 5.32 Å². The van der Waals surface area contributed by atoms with Crippen molar-refractivity contribution in [3.05, 3.63) is 77.9 Å². The van der Waals surface area contributed by atoms with Gasteiger partial charge in [-0.05, 0) is 36.2 Å². The van der Waals surface area contributed by atoms with Crippen LogP contribution in [0.3, 0.4) is 0 Å². The molecule has 2 aromatic heterocycles. The number of aryl methyl sites for hydroxylation is 1. The number of nitrogens with one attached hydrogen (secondary N) is 2. The van der Waals surface area contributed by atoms with Crippen molar-refractivity contribution in [3.8, 4) is 0 Å². The molecular formula is C18H17N5O. The van der Waals surface area contributed by atoms with Crippen molar-refractivity contribution in [1.29, 1.82) is 0 Å². The highest BCUT2D eigenvalue weighted by molar-refractivity contribution is 5.93. The number of amides is 1. The Labute approximate surface area is 140 Å². The first-order valence-corrected chi connectivity index (χ1v) is 7.54. The average molecular weight is 319 g/mol. The van der Waals surface area contributed by atoms with Crippen LogP contribution in [-0.4, -0.2) is 20.9 Å². The fourth-order valence-corrected chi connectivity index (χ4v) is 2.13. The highest BCUT2D eigenvalue weighted by atomic mass is 16.1. The van der Waals surface area contributed by atoms with E-state index in [4.69, 9.17) is 0 Å². The summed E-state index contributed by atoms with van der Waals surface area (Å²) in [5, 5.41) is 5.96. The highest BCUT2D eigenvalue weighted by Crippen LogP contribution is 2.16. The van der Waals surface area contributed by atoms with Gasteiger partial charge in [0.25, 0.3) is 5.91 Å². The summed E-state index contributed by atoms with van der Waals surface area (Å²) in [6.07, 6.45) is 6.40. The lowest BCUT2D eigenvalue weighted by molar-refractivity contribution is 0.0950. The van der Waals surface area contributed by atoms with Gasteiger partial charge in [0.05, 0.1) is 5.56 Å². The fraction of sp³-hybridized carbons (Fsp3) is 0.111. The Morgan fingerprint density at radius 2 is 1.75 bits per heavy atom. The van der Waals surface area contributed by atoms with E-state index in [2.05, 4.69) is 25.6 Å². The Balaban J connectivity index is 1.61. The van der Waals surface area contributed by atoms with Crippen LogP contribution >= 0.6 is 0 Å². The molecule has 120 valence electrons. The average Bonchev–Trinajstić information content (AvgIpc) is 2.63. The minimum absolute atomic E-state index is 0.214. The number of nitrogens with zero attached hydrogens (tertiary/aromatic N) is 3. The van der Waals surface area contributed by atoms with Gasteiger partial charge in [0, 0.05) is 37.0 Å². The zero-order valence-corrected chi connectivity index (χ0v) is 13.2. The van der Waals surface area contributed by atoms with E-state index in [-0.39, 0.29) is 5.91 Å². The maximum Gasteiger partial charge on any atom is 0.254 e. The molecule has 0 spiro atoms. The number of benzene rings is 1. The smallest absolute Gasteiger partial charge is 0.254 e. The van der Waals surface area contributed by atoms with Gasteiger partial charge >= 0.3 is 0 Å². The Hall–Kier alpha value is -3.28. The van der Waals surface area contributed by atoms with Crippen molar-refractivity contribution in [2.45, 2.75) is 13.5 Å². The summed E-state index contributed by atoms with van der Waals surface area (Å²) in [7, 11) is 0. The molecular weight excluding hydrogens is 302 g/mol. The maximum absolute atomic E-state index is 12.1. The second-order valence-corrected chi connectivity index (χ2v) is 5.27. The standard InChI is InChI=1S/C18H17N5O/c1-13-4-2-3-5-16(13)23-18-21-11-15(12-22-18)17(24)20-10-14-6-8-19-9-7-14/h2-9,11-12H,10H2,1H3,(H,20,24)(H,21,22,23). The van der Waals surface area contributed by atoms with Crippen molar-refractivity contribution < 1.29 is 4.79 Å². The summed E-state index contributed by atoms with van der Waals surface area (Å²) in [5.41, 5.74) is 3.43. The quantitative estimate of drug-likeness (QED) is 0.756. The lowest BCUT2D eigenvalue weighted by atomic mass is 10.2. The van der Waals surface area contributed by atoms with Gasteiger partial charge in [0.15, 0.2) is 0 Å². The molecule has 3 aromatic rings. The molecule has 1 aromatic carbocycles. The molecule has 0 aliphatic rings. The molecule has 0 aliphatic carbocycles. The molecule has 24 heavy (non-hydrogen) atoms. The van der Waals surface area contributed by atoms with E-state index in [1.54, 1.807) is 12.4 Å². The van der Waals surface area contributed by atoms with E-state index >= 15 is 0 Å². The molecule has 6 heteroatoms. The van der Waals surface area contributed by atoms with Gasteiger partial charge in [-0.25, -0.2) is 9.97 Å². The molecule has 0 unspecified atom stereocenters. The topological polar surface area (TPSA) is 79.8 Å². The monoisotopic (exact) mass is 319 g/mol. The van der Waals surface area contributed by atoms with Crippen LogP contribution in [0.5, 0.6) is 0 Å². The number of hydrogen-bond donors (Lipinski definition) is 2. The van der Waals surface area contributed by atoms with E-state index in [9.17, 15) is 4.79 Å². The fourth-order valence-electron chi connectivity index (χ4n) is 2.13. The summed E-state index contributed by atoms with van der Waals surface area (Å²) in [6, 6.07) is 11.6. The normalized spacial score (nSPS) is 10.2. The molecule has 0 bridgehead atoms. The number of para-hydroxylation sites is 1. The lowest BCUT2D eigenvalue weighted by Crippen LogP contribution is -2.23. The van der Waals surface area contributed by atoms with Crippen LogP contribution in [0.15, 0.2) is 61.2 Å². The number of aromatic nitrogens is 3. The Kier molecular flexibility index (Phi) is 4.76. The Morgan fingerprint density at radius 1 is 1.04 bits per heavy atom. The molecule has 0 atom stereocenters. The number of carbonyl (C=O) groups is 1. The van der Waals surface area contributed by atoms with Crippen molar-refractivity contribution >= 4 is 17.5 Å². The number of rotatable bonds is 5. The predicted molar refractivity (Wildman–Crippen MR) is 91.9 cm³/mol. The van der Waals surface area contributed by atoms with Gasteiger partial charge in [-0.15, -0.1) is 0 Å². The number of pyridine rings is 1. The van der Waals surface area contributed by atoms with Gasteiger partial charge in [0.1, 0.15) is 0 Å². The molecule has 0 radical (unpaired) electrons. The zero-order chi connectivity index (χ0) is 16.8. The molecule has 0 saturated carbocycles. The van der Waals surface area contributed by atoms with Gasteiger partial charge in [0.2, 0.25) is 5.95 Å². The predicted octanol–water partition coefficient (Wildman–Crippen LogP) is 2.85. The van der Waals surface area contributed by atoms with Crippen LogP contribution in [0.1, 0.15) is 21.5 Å². The summed E-state index contributed by atoms with van der Waals surface area (Å²) in [6.45, 7) is 2.44.